The largest absolute Gasteiger partial charge is 0.480 e. The summed E-state index contributed by atoms with van der Waals surface area (Å²) in [5.41, 5.74) is 10.9. The molecule has 0 saturated heterocycles. The van der Waals surface area contributed by atoms with Crippen molar-refractivity contribution in [3.63, 3.8) is 0 Å². The molecule has 0 rings (SSSR count). The van der Waals surface area contributed by atoms with Crippen molar-refractivity contribution in [3.8, 4) is 0 Å². The number of rotatable bonds is 13. The van der Waals surface area contributed by atoms with Crippen molar-refractivity contribution in [2.75, 3.05) is 6.54 Å². The van der Waals surface area contributed by atoms with E-state index in [0.29, 0.717) is 19.4 Å². The maximum atomic E-state index is 12.6. The molecule has 0 aromatic rings. The van der Waals surface area contributed by atoms with Crippen molar-refractivity contribution in [2.45, 2.75) is 76.4 Å². The molecule has 29 heavy (non-hydrogen) atoms. The molecular weight excluding hydrogens is 386 g/mol. The van der Waals surface area contributed by atoms with Gasteiger partial charge in [-0.15, -0.1) is 0 Å². The van der Waals surface area contributed by atoms with E-state index < -0.39 is 60.1 Å². The van der Waals surface area contributed by atoms with Crippen molar-refractivity contribution < 1.29 is 34.5 Å². The predicted octanol–water partition coefficient (Wildman–Crippen LogP) is -3.24. The minimum absolute atomic E-state index is 0.223. The van der Waals surface area contributed by atoms with Crippen LogP contribution in [-0.2, 0) is 19.2 Å². The van der Waals surface area contributed by atoms with Gasteiger partial charge in [-0.1, -0.05) is 0 Å². The highest BCUT2D eigenvalue weighted by Gasteiger charge is 2.33. The first-order chi connectivity index (χ1) is 13.4. The Morgan fingerprint density at radius 1 is 0.828 bits per heavy atom. The summed E-state index contributed by atoms with van der Waals surface area (Å²) < 4.78 is 0. The number of hydrogen-bond donors (Lipinski definition) is 8. The molecule has 6 atom stereocenters. The Balaban J connectivity index is 5.31. The summed E-state index contributed by atoms with van der Waals surface area (Å²) in [5, 5.41) is 35.3. The van der Waals surface area contributed by atoms with E-state index in [4.69, 9.17) is 16.6 Å². The van der Waals surface area contributed by atoms with Gasteiger partial charge in [-0.3, -0.25) is 14.4 Å². The molecule has 0 fully saturated rings. The maximum Gasteiger partial charge on any atom is 0.328 e. The average molecular weight is 419 g/mol. The third kappa shape index (κ3) is 9.65. The Morgan fingerprint density at radius 3 is 1.76 bits per heavy atom. The SMILES string of the molecule is CC(N)C(=O)NC(CCCCN)C(=O)NC(C(=O)NC(C(=O)O)C(C)O)C(C)O. The van der Waals surface area contributed by atoms with Crippen molar-refractivity contribution in [3.05, 3.63) is 0 Å². The zero-order valence-corrected chi connectivity index (χ0v) is 16.9. The summed E-state index contributed by atoms with van der Waals surface area (Å²) in [7, 11) is 0. The van der Waals surface area contributed by atoms with Crippen LogP contribution in [0, 0.1) is 0 Å². The number of nitrogens with two attached hydrogens (primary N) is 2. The second-order valence-corrected chi connectivity index (χ2v) is 6.93. The van der Waals surface area contributed by atoms with Crippen molar-refractivity contribution in [2.24, 2.45) is 11.5 Å². The molecule has 0 aliphatic carbocycles. The average Bonchev–Trinajstić information content (AvgIpc) is 2.61. The van der Waals surface area contributed by atoms with Crippen LogP contribution in [0.1, 0.15) is 40.0 Å². The third-order valence-corrected chi connectivity index (χ3v) is 4.10. The van der Waals surface area contributed by atoms with Gasteiger partial charge in [0.15, 0.2) is 6.04 Å². The second-order valence-electron chi connectivity index (χ2n) is 6.93. The van der Waals surface area contributed by atoms with Gasteiger partial charge in [0.2, 0.25) is 17.7 Å². The van der Waals surface area contributed by atoms with Gasteiger partial charge in [0.05, 0.1) is 18.2 Å². The smallest absolute Gasteiger partial charge is 0.328 e. The molecule has 168 valence electrons. The standard InChI is InChI=1S/C17H33N5O7/c1-8(19)14(25)20-11(6-4-5-7-18)15(26)21-12(9(2)23)16(27)22-13(10(3)24)17(28)29/h8-13,23-24H,4-7,18-19H2,1-3H3,(H,20,25)(H,21,26)(H,22,27)(H,28,29). The number of nitrogens with one attached hydrogen (secondary N) is 3. The number of unbranched alkanes of at least 4 members (excludes halogenated alkanes) is 1. The number of carboxylic acids is 1. The summed E-state index contributed by atoms with van der Waals surface area (Å²) in [6, 6.07) is -5.02. The fraction of sp³-hybridized carbons (Fsp3) is 0.765. The lowest BCUT2D eigenvalue weighted by atomic mass is 10.1. The number of hydrogen-bond acceptors (Lipinski definition) is 8. The van der Waals surface area contributed by atoms with Crippen LogP contribution in [0.15, 0.2) is 0 Å². The zero-order valence-electron chi connectivity index (χ0n) is 16.9. The van der Waals surface area contributed by atoms with Crippen LogP contribution in [0.4, 0.5) is 0 Å². The van der Waals surface area contributed by atoms with E-state index in [1.807, 2.05) is 0 Å². The molecule has 3 amide bonds. The summed E-state index contributed by atoms with van der Waals surface area (Å²) in [4.78, 5) is 48.0. The van der Waals surface area contributed by atoms with Gasteiger partial charge in [0, 0.05) is 0 Å². The number of aliphatic carboxylic acids is 1. The van der Waals surface area contributed by atoms with Crippen LogP contribution in [0.25, 0.3) is 0 Å². The molecule has 0 saturated carbocycles. The van der Waals surface area contributed by atoms with Gasteiger partial charge in [-0.25, -0.2) is 4.79 Å². The van der Waals surface area contributed by atoms with E-state index in [0.717, 1.165) is 0 Å². The van der Waals surface area contributed by atoms with E-state index in [1.165, 1.54) is 20.8 Å². The lowest BCUT2D eigenvalue weighted by Gasteiger charge is -2.27. The van der Waals surface area contributed by atoms with E-state index in [1.54, 1.807) is 0 Å². The quantitative estimate of drug-likeness (QED) is 0.140. The fourth-order valence-corrected chi connectivity index (χ4v) is 2.36. The van der Waals surface area contributed by atoms with Crippen LogP contribution < -0.4 is 27.4 Å². The molecule has 0 aromatic heterocycles. The zero-order chi connectivity index (χ0) is 22.7. The summed E-state index contributed by atoms with van der Waals surface area (Å²) in [6.45, 7) is 4.24. The first-order valence-electron chi connectivity index (χ1n) is 9.38. The van der Waals surface area contributed by atoms with E-state index >= 15 is 0 Å². The number of aliphatic hydroxyl groups is 2. The molecule has 0 bridgehead atoms. The Kier molecular flexibility index (Phi) is 12.0. The normalized spacial score (nSPS) is 17.2. The lowest BCUT2D eigenvalue weighted by Crippen LogP contribution is -2.60. The van der Waals surface area contributed by atoms with Gasteiger partial charge in [-0.2, -0.15) is 0 Å². The van der Waals surface area contributed by atoms with E-state index in [-0.39, 0.29) is 6.42 Å². The molecule has 0 aliphatic rings. The van der Waals surface area contributed by atoms with Crippen LogP contribution in [0.3, 0.4) is 0 Å². The first kappa shape index (κ1) is 26.7. The lowest BCUT2D eigenvalue weighted by molar-refractivity contribution is -0.146. The summed E-state index contributed by atoms with van der Waals surface area (Å²) >= 11 is 0. The molecular formula is C17H33N5O7. The number of carbonyl (C=O) groups excluding carboxylic acids is 3. The molecule has 0 aromatic carbocycles. The van der Waals surface area contributed by atoms with Crippen LogP contribution in [0.2, 0.25) is 0 Å². The third-order valence-electron chi connectivity index (χ3n) is 4.10. The van der Waals surface area contributed by atoms with E-state index in [9.17, 15) is 29.4 Å². The Morgan fingerprint density at radius 2 is 1.34 bits per heavy atom. The minimum atomic E-state index is -1.63. The predicted molar refractivity (Wildman–Crippen MR) is 103 cm³/mol. The number of aliphatic hydroxyl groups excluding tert-OH is 2. The molecule has 12 heteroatoms. The number of carboxylic acid groups (broad SMARTS) is 1. The first-order valence-corrected chi connectivity index (χ1v) is 9.38. The van der Waals surface area contributed by atoms with Crippen LogP contribution in [0.5, 0.6) is 0 Å². The van der Waals surface area contributed by atoms with Crippen molar-refractivity contribution in [1.82, 2.24) is 16.0 Å². The Labute approximate surface area is 169 Å². The van der Waals surface area contributed by atoms with Crippen LogP contribution >= 0.6 is 0 Å². The van der Waals surface area contributed by atoms with Crippen molar-refractivity contribution >= 4 is 23.7 Å². The highest BCUT2D eigenvalue weighted by molar-refractivity contribution is 5.94. The van der Waals surface area contributed by atoms with Crippen molar-refractivity contribution in [1.29, 1.82) is 0 Å². The van der Waals surface area contributed by atoms with Crippen LogP contribution in [-0.4, -0.2) is 81.9 Å². The number of amides is 3. The second kappa shape index (κ2) is 13.0. The molecule has 12 nitrogen and oxygen atoms in total. The highest BCUT2D eigenvalue weighted by atomic mass is 16.4. The molecule has 0 spiro atoms. The maximum absolute atomic E-state index is 12.6. The van der Waals surface area contributed by atoms with Gasteiger partial charge in [-0.05, 0) is 46.6 Å². The Hall–Kier alpha value is -2.28. The molecule has 10 N–H and O–H groups in total. The monoisotopic (exact) mass is 419 g/mol. The topological polar surface area (TPSA) is 217 Å². The summed E-state index contributed by atoms with van der Waals surface area (Å²) in [6.07, 6.45) is -1.44. The fourth-order valence-electron chi connectivity index (χ4n) is 2.36. The van der Waals surface area contributed by atoms with Gasteiger partial charge in [0.25, 0.3) is 0 Å². The molecule has 0 heterocycles. The summed E-state index contributed by atoms with van der Waals surface area (Å²) in [5.74, 6) is -3.80. The highest BCUT2D eigenvalue weighted by Crippen LogP contribution is 2.04. The molecule has 6 unspecified atom stereocenters. The molecule has 0 aliphatic heterocycles. The van der Waals surface area contributed by atoms with Gasteiger partial charge >= 0.3 is 5.97 Å². The Bertz CT molecular complexity index is 568. The van der Waals surface area contributed by atoms with Gasteiger partial charge in [0.1, 0.15) is 12.1 Å². The number of carbonyl (C=O) groups is 4. The minimum Gasteiger partial charge on any atom is -0.480 e. The molecule has 0 radical (unpaired) electrons. The van der Waals surface area contributed by atoms with Gasteiger partial charge < -0.3 is 42.7 Å². The van der Waals surface area contributed by atoms with E-state index in [2.05, 4.69) is 16.0 Å².